The molecule has 0 bridgehead atoms. The number of H-pyrrole nitrogens is 1. The van der Waals surface area contributed by atoms with Crippen LogP contribution in [0.1, 0.15) is 29.0 Å². The molecule has 0 aliphatic carbocycles. The largest absolute Gasteiger partial charge is 0.352 e. The Kier molecular flexibility index (Phi) is 6.44. The lowest BCUT2D eigenvalue weighted by atomic mass is 9.74. The van der Waals surface area contributed by atoms with Gasteiger partial charge in [-0.15, -0.1) is 6.58 Å². The molecule has 3 aromatic rings. The van der Waals surface area contributed by atoms with E-state index in [-0.39, 0.29) is 17.6 Å². The molecule has 164 valence electrons. The van der Waals surface area contributed by atoms with Gasteiger partial charge in [0.25, 0.3) is 5.91 Å². The van der Waals surface area contributed by atoms with Crippen LogP contribution in [-0.4, -0.2) is 51.5 Å². The van der Waals surface area contributed by atoms with E-state index in [4.69, 9.17) is 0 Å². The Balaban J connectivity index is 1.63. The maximum atomic E-state index is 13.4. The van der Waals surface area contributed by atoms with Crippen molar-refractivity contribution in [3.8, 4) is 11.1 Å². The number of piperidine rings is 1. The van der Waals surface area contributed by atoms with Gasteiger partial charge in [0.05, 0.1) is 5.41 Å². The highest BCUT2D eigenvalue weighted by Gasteiger charge is 2.43. The maximum Gasteiger partial charge on any atom is 0.291 e. The molecule has 7 heteroatoms. The molecule has 0 saturated carbocycles. The Morgan fingerprint density at radius 2 is 1.97 bits per heavy atom. The lowest BCUT2D eigenvalue weighted by Crippen LogP contribution is -2.54. The summed E-state index contributed by atoms with van der Waals surface area (Å²) >= 11 is 0. The number of hydrogen-bond acceptors (Lipinski definition) is 4. The fourth-order valence-corrected chi connectivity index (χ4v) is 4.41. The average Bonchev–Trinajstić information content (AvgIpc) is 3.38. The van der Waals surface area contributed by atoms with Crippen LogP contribution < -0.4 is 5.32 Å². The van der Waals surface area contributed by atoms with Crippen LogP contribution in [0.15, 0.2) is 73.6 Å². The zero-order chi connectivity index (χ0) is 22.4. The van der Waals surface area contributed by atoms with Crippen molar-refractivity contribution in [1.82, 2.24) is 25.4 Å². The van der Waals surface area contributed by atoms with Crippen molar-refractivity contribution >= 4 is 11.8 Å². The predicted molar refractivity (Wildman–Crippen MR) is 123 cm³/mol. The molecule has 1 aliphatic heterocycles. The van der Waals surface area contributed by atoms with Crippen molar-refractivity contribution in [2.45, 2.75) is 19.3 Å². The van der Waals surface area contributed by atoms with E-state index in [1.54, 1.807) is 11.0 Å². The molecule has 1 unspecified atom stereocenters. The topological polar surface area (TPSA) is 91.0 Å². The van der Waals surface area contributed by atoms with Crippen LogP contribution in [0.25, 0.3) is 11.1 Å². The first kappa shape index (κ1) is 21.5. The van der Waals surface area contributed by atoms with Crippen LogP contribution in [0.5, 0.6) is 0 Å². The maximum absolute atomic E-state index is 13.4. The van der Waals surface area contributed by atoms with E-state index in [0.717, 1.165) is 23.1 Å². The standard InChI is InChI=1S/C25H27N5O2/c1-2-13-26-24(32)25(12-7-14-30(17-25)23(31)22-27-18-28-29-22)16-19-8-6-11-21(15-19)20-9-4-3-5-10-20/h2-6,8-11,15,18H,1,7,12-14,16-17H2,(H,26,32)(H,27,28,29). The van der Waals surface area contributed by atoms with Crippen LogP contribution in [0.3, 0.4) is 0 Å². The summed E-state index contributed by atoms with van der Waals surface area (Å²) < 4.78 is 0. The predicted octanol–water partition coefficient (Wildman–Crippen LogP) is 3.24. The first-order valence-corrected chi connectivity index (χ1v) is 10.8. The highest BCUT2D eigenvalue weighted by Crippen LogP contribution is 2.35. The third-order valence-corrected chi connectivity index (χ3v) is 5.95. The van der Waals surface area contributed by atoms with E-state index >= 15 is 0 Å². The first-order valence-electron chi connectivity index (χ1n) is 10.8. The summed E-state index contributed by atoms with van der Waals surface area (Å²) in [5.41, 5.74) is 2.57. The number of nitrogens with one attached hydrogen (secondary N) is 2. The van der Waals surface area contributed by atoms with Gasteiger partial charge >= 0.3 is 0 Å². The molecule has 1 aliphatic rings. The molecule has 1 aromatic heterocycles. The second-order valence-corrected chi connectivity index (χ2v) is 8.19. The Bertz CT molecular complexity index is 1080. The number of aromatic nitrogens is 3. The normalized spacial score (nSPS) is 18.2. The van der Waals surface area contributed by atoms with E-state index in [9.17, 15) is 9.59 Å². The molecule has 1 atom stereocenters. The molecular formula is C25H27N5O2. The van der Waals surface area contributed by atoms with Crippen LogP contribution in [0, 0.1) is 5.41 Å². The number of likely N-dealkylation sites (tertiary alicyclic amines) is 1. The minimum absolute atomic E-state index is 0.0578. The smallest absolute Gasteiger partial charge is 0.291 e. The quantitative estimate of drug-likeness (QED) is 0.564. The number of rotatable bonds is 7. The second-order valence-electron chi connectivity index (χ2n) is 8.19. The number of hydrogen-bond donors (Lipinski definition) is 2. The molecule has 32 heavy (non-hydrogen) atoms. The van der Waals surface area contributed by atoms with Crippen molar-refractivity contribution in [1.29, 1.82) is 0 Å². The molecule has 1 fully saturated rings. The summed E-state index contributed by atoms with van der Waals surface area (Å²) in [5.74, 6) is -0.0999. The fourth-order valence-electron chi connectivity index (χ4n) is 4.41. The SMILES string of the molecule is C=CCNC(=O)C1(Cc2cccc(-c3ccccc3)c2)CCCN(C(=O)c2ncn[nH]2)C1. The number of carbonyl (C=O) groups is 2. The van der Waals surface area contributed by atoms with Gasteiger partial charge in [0.2, 0.25) is 11.7 Å². The van der Waals surface area contributed by atoms with Gasteiger partial charge in [-0.1, -0.05) is 60.7 Å². The number of benzene rings is 2. The number of carbonyl (C=O) groups excluding carboxylic acids is 2. The second kappa shape index (κ2) is 9.60. The van der Waals surface area contributed by atoms with Gasteiger partial charge in [-0.05, 0) is 36.0 Å². The molecule has 2 amide bonds. The van der Waals surface area contributed by atoms with Crippen LogP contribution in [0.4, 0.5) is 0 Å². The zero-order valence-corrected chi connectivity index (χ0v) is 18.0. The molecule has 2 aromatic carbocycles. The van der Waals surface area contributed by atoms with E-state index in [1.807, 2.05) is 30.3 Å². The van der Waals surface area contributed by atoms with Crippen LogP contribution in [-0.2, 0) is 11.2 Å². The van der Waals surface area contributed by atoms with Gasteiger partial charge in [-0.25, -0.2) is 4.98 Å². The summed E-state index contributed by atoms with van der Waals surface area (Å²) in [7, 11) is 0. The van der Waals surface area contributed by atoms with E-state index in [2.05, 4.69) is 51.3 Å². The molecular weight excluding hydrogens is 402 g/mol. The molecule has 1 saturated heterocycles. The van der Waals surface area contributed by atoms with Crippen molar-refractivity contribution in [3.63, 3.8) is 0 Å². The zero-order valence-electron chi connectivity index (χ0n) is 18.0. The number of aromatic amines is 1. The number of nitrogens with zero attached hydrogens (tertiary/aromatic N) is 3. The molecule has 0 radical (unpaired) electrons. The molecule has 7 nitrogen and oxygen atoms in total. The summed E-state index contributed by atoms with van der Waals surface area (Å²) in [6, 6.07) is 18.4. The van der Waals surface area contributed by atoms with E-state index in [0.29, 0.717) is 32.5 Å². The lowest BCUT2D eigenvalue weighted by Gasteiger charge is -2.41. The van der Waals surface area contributed by atoms with Gasteiger partial charge in [0, 0.05) is 19.6 Å². The Morgan fingerprint density at radius 3 is 2.72 bits per heavy atom. The van der Waals surface area contributed by atoms with Crippen molar-refractivity contribution < 1.29 is 9.59 Å². The summed E-state index contributed by atoms with van der Waals surface area (Å²) in [5, 5.41) is 9.39. The summed E-state index contributed by atoms with van der Waals surface area (Å²) in [6.07, 6.45) is 4.96. The van der Waals surface area contributed by atoms with E-state index in [1.165, 1.54) is 6.33 Å². The molecule has 4 rings (SSSR count). The van der Waals surface area contributed by atoms with Gasteiger partial charge in [0.1, 0.15) is 6.33 Å². The minimum Gasteiger partial charge on any atom is -0.352 e. The number of amides is 2. The summed E-state index contributed by atoms with van der Waals surface area (Å²) in [6.45, 7) is 5.01. The molecule has 0 spiro atoms. The monoisotopic (exact) mass is 429 g/mol. The third-order valence-electron chi connectivity index (χ3n) is 5.95. The van der Waals surface area contributed by atoms with Crippen LogP contribution in [0.2, 0.25) is 0 Å². The average molecular weight is 430 g/mol. The van der Waals surface area contributed by atoms with Gasteiger partial charge in [-0.3, -0.25) is 14.7 Å². The first-order chi connectivity index (χ1) is 15.6. The van der Waals surface area contributed by atoms with Crippen molar-refractivity contribution in [2.24, 2.45) is 5.41 Å². The fraction of sp³-hybridized carbons (Fsp3) is 0.280. The third kappa shape index (κ3) is 4.61. The van der Waals surface area contributed by atoms with Gasteiger partial charge < -0.3 is 10.2 Å². The molecule has 2 N–H and O–H groups in total. The lowest BCUT2D eigenvalue weighted by molar-refractivity contribution is -0.133. The highest BCUT2D eigenvalue weighted by atomic mass is 16.2. The van der Waals surface area contributed by atoms with Crippen molar-refractivity contribution in [2.75, 3.05) is 19.6 Å². The molecule has 2 heterocycles. The van der Waals surface area contributed by atoms with Gasteiger partial charge in [0.15, 0.2) is 0 Å². The Morgan fingerprint density at radius 1 is 1.16 bits per heavy atom. The van der Waals surface area contributed by atoms with Crippen molar-refractivity contribution in [3.05, 3.63) is 85.0 Å². The Hall–Kier alpha value is -3.74. The highest BCUT2D eigenvalue weighted by molar-refractivity contribution is 5.91. The summed E-state index contributed by atoms with van der Waals surface area (Å²) in [4.78, 5) is 32.0. The van der Waals surface area contributed by atoms with Crippen LogP contribution >= 0.6 is 0 Å². The minimum atomic E-state index is -0.730. The van der Waals surface area contributed by atoms with Gasteiger partial charge in [-0.2, -0.15) is 5.10 Å². The van der Waals surface area contributed by atoms with E-state index < -0.39 is 5.41 Å². The Labute approximate surface area is 187 Å².